The molecule has 0 aliphatic carbocycles. The number of aromatic nitrogens is 1. The van der Waals surface area contributed by atoms with Crippen molar-refractivity contribution < 1.29 is 4.42 Å². The summed E-state index contributed by atoms with van der Waals surface area (Å²) in [6.07, 6.45) is 1.73. The van der Waals surface area contributed by atoms with Crippen LogP contribution >= 0.6 is 11.3 Å². The number of rotatable bonds is 3. The molecule has 2 aromatic heterocycles. The molecule has 0 aliphatic heterocycles. The SMILES string of the molecule is Cc1ccc(/C=C(\C#N)c2nc(-c3ccc4ccccc4c3)cs2)o1. The van der Waals surface area contributed by atoms with Gasteiger partial charge in [-0.1, -0.05) is 36.4 Å². The van der Waals surface area contributed by atoms with E-state index in [0.29, 0.717) is 16.3 Å². The first kappa shape index (κ1) is 15.4. The normalized spacial score (nSPS) is 11.6. The van der Waals surface area contributed by atoms with E-state index < -0.39 is 0 Å². The molecule has 0 saturated heterocycles. The van der Waals surface area contributed by atoms with E-state index in [0.717, 1.165) is 17.0 Å². The largest absolute Gasteiger partial charge is 0.462 e. The van der Waals surface area contributed by atoms with Gasteiger partial charge < -0.3 is 4.42 Å². The Morgan fingerprint density at radius 1 is 1.12 bits per heavy atom. The number of nitriles is 1. The van der Waals surface area contributed by atoms with Gasteiger partial charge in [-0.05, 0) is 35.9 Å². The second-order valence-electron chi connectivity index (χ2n) is 5.72. The molecule has 4 heteroatoms. The first-order valence-corrected chi connectivity index (χ1v) is 8.74. The molecular weight excluding hydrogens is 328 g/mol. The van der Waals surface area contributed by atoms with Crippen LogP contribution in [0.15, 0.2) is 64.4 Å². The molecule has 0 bridgehead atoms. The van der Waals surface area contributed by atoms with Gasteiger partial charge in [0, 0.05) is 17.0 Å². The van der Waals surface area contributed by atoms with Gasteiger partial charge in [-0.25, -0.2) is 4.98 Å². The highest BCUT2D eigenvalue weighted by molar-refractivity contribution is 7.11. The van der Waals surface area contributed by atoms with E-state index in [-0.39, 0.29) is 0 Å². The van der Waals surface area contributed by atoms with Gasteiger partial charge in [0.1, 0.15) is 22.6 Å². The van der Waals surface area contributed by atoms with E-state index in [9.17, 15) is 5.26 Å². The molecular formula is C21H14N2OS. The number of thiazole rings is 1. The average Bonchev–Trinajstić information content (AvgIpc) is 3.28. The van der Waals surface area contributed by atoms with Crippen molar-refractivity contribution in [3.05, 3.63) is 76.5 Å². The van der Waals surface area contributed by atoms with Gasteiger partial charge in [0.15, 0.2) is 0 Å². The van der Waals surface area contributed by atoms with E-state index in [4.69, 9.17) is 4.42 Å². The Labute approximate surface area is 149 Å². The predicted molar refractivity (Wildman–Crippen MR) is 102 cm³/mol. The summed E-state index contributed by atoms with van der Waals surface area (Å²) in [6, 6.07) is 20.5. The van der Waals surface area contributed by atoms with E-state index in [1.54, 1.807) is 6.08 Å². The van der Waals surface area contributed by atoms with Crippen molar-refractivity contribution >= 4 is 33.8 Å². The molecule has 120 valence electrons. The van der Waals surface area contributed by atoms with Crippen LogP contribution in [0.4, 0.5) is 0 Å². The molecule has 0 spiro atoms. The van der Waals surface area contributed by atoms with Gasteiger partial charge in [0.2, 0.25) is 0 Å². The minimum atomic E-state index is 0.506. The molecule has 0 aliphatic rings. The zero-order chi connectivity index (χ0) is 17.2. The zero-order valence-corrected chi connectivity index (χ0v) is 14.4. The van der Waals surface area contributed by atoms with Crippen LogP contribution < -0.4 is 0 Å². The Balaban J connectivity index is 1.71. The van der Waals surface area contributed by atoms with Crippen LogP contribution in [0.2, 0.25) is 0 Å². The molecule has 2 aromatic carbocycles. The van der Waals surface area contributed by atoms with E-state index in [2.05, 4.69) is 41.4 Å². The summed E-state index contributed by atoms with van der Waals surface area (Å²) in [4.78, 5) is 4.65. The molecule has 0 unspecified atom stereocenters. The summed E-state index contributed by atoms with van der Waals surface area (Å²) < 4.78 is 5.53. The van der Waals surface area contributed by atoms with Crippen molar-refractivity contribution in [3.63, 3.8) is 0 Å². The van der Waals surface area contributed by atoms with Crippen LogP contribution in [0.3, 0.4) is 0 Å². The van der Waals surface area contributed by atoms with Crippen LogP contribution in [-0.2, 0) is 0 Å². The Morgan fingerprint density at radius 2 is 1.96 bits per heavy atom. The molecule has 4 aromatic rings. The Morgan fingerprint density at radius 3 is 2.72 bits per heavy atom. The molecule has 0 atom stereocenters. The third-order valence-corrected chi connectivity index (χ3v) is 4.82. The van der Waals surface area contributed by atoms with Crippen molar-refractivity contribution in [2.24, 2.45) is 0 Å². The van der Waals surface area contributed by atoms with Gasteiger partial charge in [0.25, 0.3) is 0 Å². The molecule has 25 heavy (non-hydrogen) atoms. The number of allylic oxidation sites excluding steroid dienone is 1. The highest BCUT2D eigenvalue weighted by atomic mass is 32.1. The summed E-state index contributed by atoms with van der Waals surface area (Å²) in [5.74, 6) is 1.48. The van der Waals surface area contributed by atoms with Crippen molar-refractivity contribution in [1.29, 1.82) is 5.26 Å². The number of hydrogen-bond donors (Lipinski definition) is 0. The first-order chi connectivity index (χ1) is 12.2. The minimum absolute atomic E-state index is 0.506. The summed E-state index contributed by atoms with van der Waals surface area (Å²) in [5, 5.41) is 14.5. The molecule has 0 saturated carbocycles. The van der Waals surface area contributed by atoms with Gasteiger partial charge in [-0.15, -0.1) is 11.3 Å². The van der Waals surface area contributed by atoms with Crippen LogP contribution in [0, 0.1) is 18.3 Å². The Hall–Kier alpha value is -3.16. The van der Waals surface area contributed by atoms with Crippen molar-refractivity contribution in [2.45, 2.75) is 6.92 Å². The summed E-state index contributed by atoms with van der Waals surface area (Å²) >= 11 is 1.46. The fourth-order valence-corrected chi connectivity index (χ4v) is 3.49. The Bertz CT molecular complexity index is 1130. The lowest BCUT2D eigenvalue weighted by molar-refractivity contribution is 0.525. The fraction of sp³-hybridized carbons (Fsp3) is 0.0476. The summed E-state index contributed by atoms with van der Waals surface area (Å²) in [6.45, 7) is 1.88. The van der Waals surface area contributed by atoms with Gasteiger partial charge >= 0.3 is 0 Å². The molecule has 2 heterocycles. The monoisotopic (exact) mass is 342 g/mol. The zero-order valence-electron chi connectivity index (χ0n) is 13.6. The first-order valence-electron chi connectivity index (χ1n) is 7.86. The molecule has 3 nitrogen and oxygen atoms in total. The maximum Gasteiger partial charge on any atom is 0.134 e. The highest BCUT2D eigenvalue weighted by Crippen LogP contribution is 2.29. The lowest BCUT2D eigenvalue weighted by atomic mass is 10.1. The van der Waals surface area contributed by atoms with E-state index in [1.807, 2.05) is 36.6 Å². The smallest absolute Gasteiger partial charge is 0.134 e. The van der Waals surface area contributed by atoms with E-state index in [1.165, 1.54) is 22.1 Å². The van der Waals surface area contributed by atoms with Crippen LogP contribution in [0.1, 0.15) is 16.5 Å². The van der Waals surface area contributed by atoms with Crippen molar-refractivity contribution in [2.75, 3.05) is 0 Å². The number of nitrogens with zero attached hydrogens (tertiary/aromatic N) is 2. The number of benzene rings is 2. The fourth-order valence-electron chi connectivity index (χ4n) is 2.69. The van der Waals surface area contributed by atoms with Gasteiger partial charge in [-0.2, -0.15) is 5.26 Å². The second-order valence-corrected chi connectivity index (χ2v) is 6.58. The molecule has 4 rings (SSSR count). The third-order valence-electron chi connectivity index (χ3n) is 3.95. The molecule has 0 radical (unpaired) electrons. The lowest BCUT2D eigenvalue weighted by Gasteiger charge is -2.00. The van der Waals surface area contributed by atoms with Gasteiger partial charge in [0.05, 0.1) is 11.3 Å². The summed E-state index contributed by atoms with van der Waals surface area (Å²) in [7, 11) is 0. The Kier molecular flexibility index (Phi) is 3.93. The average molecular weight is 342 g/mol. The van der Waals surface area contributed by atoms with Crippen molar-refractivity contribution in [3.8, 4) is 17.3 Å². The quantitative estimate of drug-likeness (QED) is 0.434. The standard InChI is InChI=1S/C21H14N2OS/c1-14-6-9-19(24-14)11-18(12-22)21-23-20(13-25-21)17-8-7-15-4-2-3-5-16(15)10-17/h2-11,13H,1H3/b18-11+. The highest BCUT2D eigenvalue weighted by Gasteiger charge is 2.10. The molecule has 0 amide bonds. The molecule has 0 fully saturated rings. The van der Waals surface area contributed by atoms with Crippen LogP contribution in [0.25, 0.3) is 33.7 Å². The topological polar surface area (TPSA) is 49.8 Å². The summed E-state index contributed by atoms with van der Waals surface area (Å²) in [5.41, 5.74) is 2.43. The van der Waals surface area contributed by atoms with Crippen LogP contribution in [0.5, 0.6) is 0 Å². The number of aryl methyl sites for hydroxylation is 1. The number of hydrogen-bond acceptors (Lipinski definition) is 4. The van der Waals surface area contributed by atoms with Gasteiger partial charge in [-0.3, -0.25) is 0 Å². The number of furan rings is 1. The number of fused-ring (bicyclic) bond motifs is 1. The minimum Gasteiger partial charge on any atom is -0.462 e. The third kappa shape index (κ3) is 3.10. The molecule has 0 N–H and O–H groups in total. The van der Waals surface area contributed by atoms with Crippen LogP contribution in [-0.4, -0.2) is 4.98 Å². The second kappa shape index (κ2) is 6.39. The lowest BCUT2D eigenvalue weighted by Crippen LogP contribution is -1.83. The van der Waals surface area contributed by atoms with Crippen molar-refractivity contribution in [1.82, 2.24) is 4.98 Å². The maximum atomic E-state index is 9.48. The van der Waals surface area contributed by atoms with E-state index >= 15 is 0 Å². The maximum absolute atomic E-state index is 9.48. The predicted octanol–water partition coefficient (Wildman–Crippen LogP) is 5.93.